The number of aryl methyl sites for hydroxylation is 2. The summed E-state index contributed by atoms with van der Waals surface area (Å²) in [6.45, 7) is 23.5. The van der Waals surface area contributed by atoms with Crippen LogP contribution in [0.4, 0.5) is 0 Å². The van der Waals surface area contributed by atoms with Gasteiger partial charge >= 0.3 is 33.3 Å². The average molecular weight is 577 g/mol. The van der Waals surface area contributed by atoms with Crippen LogP contribution in [0.25, 0.3) is 5.32 Å². The molecule has 2 rings (SSSR count). The molecular formula is C30H48Cl2MnN3-. The Labute approximate surface area is 236 Å². The normalized spacial score (nSPS) is 13.4. The zero-order chi connectivity index (χ0) is 27.7. The summed E-state index contributed by atoms with van der Waals surface area (Å²) >= 11 is 0.00694. The van der Waals surface area contributed by atoms with Gasteiger partial charge < -0.3 is 16.8 Å². The molecule has 0 aliphatic rings. The van der Waals surface area contributed by atoms with E-state index >= 15 is 0 Å². The minimum atomic E-state index is -0.111. The Morgan fingerprint density at radius 2 is 0.833 bits per heavy atom. The van der Waals surface area contributed by atoms with Crippen molar-refractivity contribution in [3.05, 3.63) is 74.1 Å². The van der Waals surface area contributed by atoms with E-state index in [1.165, 1.54) is 44.5 Å². The number of benzene rings is 2. The first-order chi connectivity index (χ1) is 16.8. The van der Waals surface area contributed by atoms with Crippen molar-refractivity contribution in [2.75, 3.05) is 13.1 Å². The summed E-state index contributed by atoms with van der Waals surface area (Å²) < 4.78 is 0. The molecule has 0 aliphatic heterocycles. The summed E-state index contributed by atoms with van der Waals surface area (Å²) in [5.74, 6) is 1.72. The number of rotatable bonds is 10. The maximum absolute atomic E-state index is 6.79. The topological polar surface area (TPSA) is 66.1 Å². The SMILES string of the molecule is Cc1cc(C(C)C)c(C(N)C[N-]CC(N)c2c(C(C)C)cc(C)cc2C(C)C)c(C(C)C)c1.[Cl][Mn][Cl]. The first-order valence-corrected chi connectivity index (χ1v) is 16.3. The van der Waals surface area contributed by atoms with E-state index in [4.69, 9.17) is 37.0 Å². The summed E-state index contributed by atoms with van der Waals surface area (Å²) in [5, 5.41) is 4.92. The van der Waals surface area contributed by atoms with E-state index in [0.29, 0.717) is 36.8 Å². The van der Waals surface area contributed by atoms with Gasteiger partial charge in [-0.15, -0.1) is 13.1 Å². The van der Waals surface area contributed by atoms with Crippen LogP contribution in [0.5, 0.6) is 0 Å². The molecule has 6 heteroatoms. The Bertz CT molecular complexity index is 824. The molecule has 3 nitrogen and oxygen atoms in total. The molecule has 0 saturated carbocycles. The van der Waals surface area contributed by atoms with E-state index in [0.717, 1.165) is 0 Å². The van der Waals surface area contributed by atoms with Crippen LogP contribution in [0.1, 0.15) is 136 Å². The van der Waals surface area contributed by atoms with Crippen molar-refractivity contribution < 1.29 is 13.1 Å². The fourth-order valence-corrected chi connectivity index (χ4v) is 5.01. The van der Waals surface area contributed by atoms with Crippen molar-refractivity contribution in [2.45, 2.75) is 105 Å². The molecule has 2 aromatic rings. The first kappa shape index (κ1) is 33.4. The Morgan fingerprint density at radius 3 is 1.03 bits per heavy atom. The van der Waals surface area contributed by atoms with Gasteiger partial charge in [0.2, 0.25) is 0 Å². The molecule has 2 aromatic carbocycles. The predicted molar refractivity (Wildman–Crippen MR) is 157 cm³/mol. The van der Waals surface area contributed by atoms with Gasteiger partial charge in [-0.3, -0.25) is 0 Å². The third kappa shape index (κ3) is 9.31. The summed E-state index contributed by atoms with van der Waals surface area (Å²) in [7, 11) is 9.59. The molecule has 0 fully saturated rings. The van der Waals surface area contributed by atoms with Gasteiger partial charge in [-0.1, -0.05) is 90.8 Å². The van der Waals surface area contributed by atoms with E-state index in [1.54, 1.807) is 0 Å². The van der Waals surface area contributed by atoms with Gasteiger partial charge in [-0.25, -0.2) is 0 Å². The van der Waals surface area contributed by atoms with Crippen LogP contribution >= 0.6 is 20.2 Å². The Balaban J connectivity index is 0.00000205. The minimum absolute atomic E-state index is 0.00694. The van der Waals surface area contributed by atoms with E-state index in [1.807, 2.05) is 0 Å². The Kier molecular flexibility index (Phi) is 14.6. The molecule has 4 N–H and O–H groups in total. The second-order valence-corrected chi connectivity index (χ2v) is 13.1. The van der Waals surface area contributed by atoms with E-state index < -0.39 is 0 Å². The van der Waals surface area contributed by atoms with Crippen molar-refractivity contribution in [3.63, 3.8) is 0 Å². The van der Waals surface area contributed by atoms with Crippen LogP contribution in [0.3, 0.4) is 0 Å². The van der Waals surface area contributed by atoms with Crippen molar-refractivity contribution in [1.29, 1.82) is 0 Å². The maximum atomic E-state index is 6.79. The number of nitrogens with zero attached hydrogens (tertiary/aromatic N) is 1. The summed E-state index contributed by atoms with van der Waals surface area (Å²) in [5.41, 5.74) is 24.2. The molecule has 205 valence electrons. The average Bonchev–Trinajstić information content (AvgIpc) is 2.77. The third-order valence-electron chi connectivity index (χ3n) is 6.66. The Morgan fingerprint density at radius 1 is 0.611 bits per heavy atom. The second-order valence-electron chi connectivity index (χ2n) is 11.2. The van der Waals surface area contributed by atoms with Crippen LogP contribution in [-0.2, 0) is 13.1 Å². The van der Waals surface area contributed by atoms with E-state index in [-0.39, 0.29) is 25.2 Å². The van der Waals surface area contributed by atoms with Gasteiger partial charge in [0.25, 0.3) is 0 Å². The standard InChI is InChI=1S/C30H48N3.2ClH.Mn/c1-17(2)23-11-21(9)12-24(18(3)4)29(23)27(31)15-33-16-28(32)30-25(19(5)6)13-22(10)14-26(30)20(7)8;;;/h11-14,17-20,27-28H,15-16,31-32H2,1-10H3;2*1H;/q-1;;;+2/p-2. The van der Waals surface area contributed by atoms with Gasteiger partial charge in [0.05, 0.1) is 0 Å². The van der Waals surface area contributed by atoms with Crippen molar-refractivity contribution >= 4 is 20.2 Å². The molecule has 0 radical (unpaired) electrons. The predicted octanol–water partition coefficient (Wildman–Crippen LogP) is 9.25. The molecule has 0 saturated heterocycles. The number of nitrogens with two attached hydrogens (primary N) is 2. The van der Waals surface area contributed by atoms with Crippen molar-refractivity contribution in [1.82, 2.24) is 0 Å². The van der Waals surface area contributed by atoms with Crippen molar-refractivity contribution in [2.24, 2.45) is 11.5 Å². The van der Waals surface area contributed by atoms with Crippen LogP contribution in [0, 0.1) is 13.8 Å². The summed E-state index contributed by atoms with van der Waals surface area (Å²) in [6, 6.07) is 8.97. The zero-order valence-corrected chi connectivity index (χ0v) is 26.6. The molecule has 0 aliphatic carbocycles. The molecule has 0 aromatic heterocycles. The monoisotopic (exact) mass is 575 g/mol. The van der Waals surface area contributed by atoms with Crippen LogP contribution in [-0.4, -0.2) is 13.1 Å². The molecule has 2 unspecified atom stereocenters. The van der Waals surface area contributed by atoms with Crippen LogP contribution in [0.2, 0.25) is 0 Å². The Hall–Kier alpha value is -0.581. The quantitative estimate of drug-likeness (QED) is 0.277. The molecule has 2 atom stereocenters. The number of halogens is 2. The molecule has 0 heterocycles. The molecule has 0 spiro atoms. The van der Waals surface area contributed by atoms with Crippen molar-refractivity contribution in [3.8, 4) is 0 Å². The van der Waals surface area contributed by atoms with Gasteiger partial charge in [-0.05, 0) is 70.9 Å². The van der Waals surface area contributed by atoms with Gasteiger partial charge in [-0.2, -0.15) is 0 Å². The van der Waals surface area contributed by atoms with Gasteiger partial charge in [0, 0.05) is 12.1 Å². The number of hydrogen-bond donors (Lipinski definition) is 2. The van der Waals surface area contributed by atoms with Gasteiger partial charge in [0.1, 0.15) is 0 Å². The summed E-state index contributed by atoms with van der Waals surface area (Å²) in [6.07, 6.45) is 0. The molecule has 36 heavy (non-hydrogen) atoms. The summed E-state index contributed by atoms with van der Waals surface area (Å²) in [4.78, 5) is 0. The zero-order valence-electron chi connectivity index (χ0n) is 23.9. The van der Waals surface area contributed by atoms with Crippen LogP contribution in [0.15, 0.2) is 24.3 Å². The fourth-order valence-electron chi connectivity index (χ4n) is 5.01. The molecule has 0 amide bonds. The third-order valence-corrected chi connectivity index (χ3v) is 6.66. The first-order valence-electron chi connectivity index (χ1n) is 13.1. The second kappa shape index (κ2) is 15.7. The van der Waals surface area contributed by atoms with E-state index in [9.17, 15) is 0 Å². The number of hydrogen-bond acceptors (Lipinski definition) is 2. The van der Waals surface area contributed by atoms with Gasteiger partial charge in [0.15, 0.2) is 0 Å². The van der Waals surface area contributed by atoms with Crippen LogP contribution < -0.4 is 11.5 Å². The molecular weight excluding hydrogens is 528 g/mol. The molecule has 0 bridgehead atoms. The fraction of sp³-hybridized carbons (Fsp3) is 0.600. The van der Waals surface area contributed by atoms with E-state index in [2.05, 4.69) is 93.5 Å².